The largest absolute Gasteiger partial charge is 0.417 e. The predicted molar refractivity (Wildman–Crippen MR) is 57.2 cm³/mol. The molecule has 0 radical (unpaired) electrons. The molecule has 84 valence electrons. The smallest absolute Gasteiger partial charge is 0.399 e. The van der Waals surface area contributed by atoms with Gasteiger partial charge in [-0.15, -0.1) is 0 Å². The van der Waals surface area contributed by atoms with Crippen LogP contribution >= 0.6 is 0 Å². The van der Waals surface area contributed by atoms with Crippen LogP contribution in [-0.4, -0.2) is 0 Å². The first kappa shape index (κ1) is 10.8. The SMILES string of the molecule is Cc1ccc2cc(N)cc-2c(C(F)(F)F)c1. The quantitative estimate of drug-likeness (QED) is 0.726. The van der Waals surface area contributed by atoms with Crippen LogP contribution in [0.4, 0.5) is 18.9 Å². The summed E-state index contributed by atoms with van der Waals surface area (Å²) in [6.45, 7) is 1.64. The lowest BCUT2D eigenvalue weighted by molar-refractivity contribution is -0.137. The first-order chi connectivity index (χ1) is 7.38. The zero-order chi connectivity index (χ0) is 11.9. The maximum absolute atomic E-state index is 12.8. The molecule has 0 fully saturated rings. The summed E-state index contributed by atoms with van der Waals surface area (Å²) in [5, 5.41) is 0. The second-order valence-corrected chi connectivity index (χ2v) is 3.79. The summed E-state index contributed by atoms with van der Waals surface area (Å²) in [4.78, 5) is 0. The van der Waals surface area contributed by atoms with Crippen LogP contribution in [0.2, 0.25) is 0 Å². The van der Waals surface area contributed by atoms with Crippen LogP contribution < -0.4 is 5.73 Å². The molecule has 16 heavy (non-hydrogen) atoms. The first-order valence-corrected chi connectivity index (χ1v) is 4.75. The van der Waals surface area contributed by atoms with E-state index in [0.717, 1.165) is 6.07 Å². The molecule has 4 heteroatoms. The number of alkyl halides is 3. The van der Waals surface area contributed by atoms with Crippen molar-refractivity contribution in [3.63, 3.8) is 0 Å². The lowest BCUT2D eigenvalue weighted by Gasteiger charge is -2.08. The summed E-state index contributed by atoms with van der Waals surface area (Å²) in [6, 6.07) is 7.34. The van der Waals surface area contributed by atoms with Gasteiger partial charge in [-0.1, -0.05) is 17.7 Å². The van der Waals surface area contributed by atoms with Gasteiger partial charge in [0, 0.05) is 5.69 Å². The van der Waals surface area contributed by atoms with Gasteiger partial charge >= 0.3 is 6.18 Å². The van der Waals surface area contributed by atoms with Crippen molar-refractivity contribution in [2.75, 3.05) is 5.73 Å². The second-order valence-electron chi connectivity index (χ2n) is 3.79. The van der Waals surface area contributed by atoms with Gasteiger partial charge < -0.3 is 5.73 Å². The number of aryl methyl sites for hydroxylation is 1. The summed E-state index contributed by atoms with van der Waals surface area (Å²) in [5.74, 6) is 0. The van der Waals surface area contributed by atoms with Gasteiger partial charge in [-0.25, -0.2) is 0 Å². The van der Waals surface area contributed by atoms with Crippen molar-refractivity contribution in [1.29, 1.82) is 0 Å². The third-order valence-corrected chi connectivity index (χ3v) is 2.44. The summed E-state index contributed by atoms with van der Waals surface area (Å²) in [5.41, 5.74) is 6.46. The molecule has 0 aliphatic heterocycles. The van der Waals surface area contributed by atoms with Crippen molar-refractivity contribution in [2.24, 2.45) is 0 Å². The summed E-state index contributed by atoms with van der Waals surface area (Å²) < 4.78 is 38.5. The fourth-order valence-corrected chi connectivity index (χ4v) is 1.73. The number of hydrogen-bond acceptors (Lipinski definition) is 1. The summed E-state index contributed by atoms with van der Waals surface area (Å²) >= 11 is 0. The Morgan fingerprint density at radius 2 is 1.75 bits per heavy atom. The molecular formula is C12H10F3N. The second kappa shape index (κ2) is 3.40. The van der Waals surface area contributed by atoms with Gasteiger partial charge in [0.1, 0.15) is 0 Å². The predicted octanol–water partition coefficient (Wildman–Crippen LogP) is 3.70. The first-order valence-electron chi connectivity index (χ1n) is 4.75. The van der Waals surface area contributed by atoms with Crippen LogP contribution in [0.3, 0.4) is 0 Å². The molecular weight excluding hydrogens is 215 g/mol. The van der Waals surface area contributed by atoms with Crippen molar-refractivity contribution >= 4 is 5.69 Å². The van der Waals surface area contributed by atoms with Gasteiger partial charge in [-0.05, 0) is 36.2 Å². The molecule has 0 aromatic heterocycles. The number of nitrogens with two attached hydrogens (primary N) is 1. The number of rotatable bonds is 0. The number of fused-ring (bicyclic) bond motifs is 1. The van der Waals surface area contributed by atoms with E-state index in [1.807, 2.05) is 0 Å². The molecule has 0 heterocycles. The van der Waals surface area contributed by atoms with Crippen molar-refractivity contribution < 1.29 is 13.2 Å². The molecule has 0 atom stereocenters. The van der Waals surface area contributed by atoms with Crippen LogP contribution in [-0.2, 0) is 6.18 Å². The summed E-state index contributed by atoms with van der Waals surface area (Å²) in [6.07, 6.45) is -4.36. The molecule has 2 rings (SSSR count). The standard InChI is InChI=1S/C12H10F3N/c1-7-2-3-8-5-9(16)6-10(8)11(4-7)12(13,14)15/h2-6H,16H2,1H3. The molecule has 2 aliphatic carbocycles. The zero-order valence-electron chi connectivity index (χ0n) is 8.60. The number of halogens is 3. The van der Waals surface area contributed by atoms with E-state index in [4.69, 9.17) is 5.73 Å². The van der Waals surface area contributed by atoms with Gasteiger partial charge in [-0.3, -0.25) is 0 Å². The Labute approximate surface area is 91.0 Å². The molecule has 2 N–H and O–H groups in total. The van der Waals surface area contributed by atoms with Crippen LogP contribution in [0.1, 0.15) is 11.1 Å². The fraction of sp³-hybridized carbons (Fsp3) is 0.167. The van der Waals surface area contributed by atoms with E-state index in [0.29, 0.717) is 16.8 Å². The Kier molecular flexibility index (Phi) is 2.30. The van der Waals surface area contributed by atoms with Crippen LogP contribution in [0.25, 0.3) is 11.1 Å². The molecule has 2 aliphatic rings. The Morgan fingerprint density at radius 1 is 1.06 bits per heavy atom. The highest BCUT2D eigenvalue weighted by molar-refractivity contribution is 5.77. The van der Waals surface area contributed by atoms with Gasteiger partial charge in [-0.2, -0.15) is 13.2 Å². The normalized spacial score (nSPS) is 12.0. The molecule has 0 saturated carbocycles. The van der Waals surface area contributed by atoms with Crippen molar-refractivity contribution in [1.82, 2.24) is 0 Å². The van der Waals surface area contributed by atoms with Crippen LogP contribution in [0.15, 0.2) is 30.3 Å². The Bertz CT molecular complexity index is 503. The Hall–Kier alpha value is -1.71. The maximum atomic E-state index is 12.8. The highest BCUT2D eigenvalue weighted by Crippen LogP contribution is 2.39. The van der Waals surface area contributed by atoms with Gasteiger partial charge in [0.15, 0.2) is 0 Å². The van der Waals surface area contributed by atoms with Crippen molar-refractivity contribution in [3.05, 3.63) is 41.5 Å². The van der Waals surface area contributed by atoms with E-state index in [-0.39, 0.29) is 5.56 Å². The molecule has 0 bridgehead atoms. The Morgan fingerprint density at radius 3 is 2.38 bits per heavy atom. The molecule has 0 unspecified atom stereocenters. The maximum Gasteiger partial charge on any atom is 0.417 e. The van der Waals surface area contributed by atoms with E-state index < -0.39 is 11.7 Å². The highest BCUT2D eigenvalue weighted by Gasteiger charge is 2.34. The van der Waals surface area contributed by atoms with E-state index in [1.165, 1.54) is 6.07 Å². The van der Waals surface area contributed by atoms with E-state index in [9.17, 15) is 13.2 Å². The average Bonchev–Trinajstić information content (AvgIpc) is 2.43. The summed E-state index contributed by atoms with van der Waals surface area (Å²) in [7, 11) is 0. The highest BCUT2D eigenvalue weighted by atomic mass is 19.4. The molecule has 0 spiro atoms. The lowest BCUT2D eigenvalue weighted by Crippen LogP contribution is -2.05. The molecule has 0 amide bonds. The fourth-order valence-electron chi connectivity index (χ4n) is 1.73. The molecule has 0 aromatic carbocycles. The number of hydrogen-bond donors (Lipinski definition) is 1. The topological polar surface area (TPSA) is 26.0 Å². The minimum Gasteiger partial charge on any atom is -0.399 e. The average molecular weight is 225 g/mol. The van der Waals surface area contributed by atoms with E-state index in [2.05, 4.69) is 0 Å². The van der Waals surface area contributed by atoms with Gasteiger partial charge in [0.25, 0.3) is 0 Å². The Balaban J connectivity index is 2.79. The monoisotopic (exact) mass is 225 g/mol. The number of anilines is 1. The van der Waals surface area contributed by atoms with Crippen LogP contribution in [0, 0.1) is 6.92 Å². The molecule has 1 nitrogen and oxygen atoms in total. The third-order valence-electron chi connectivity index (χ3n) is 2.44. The van der Waals surface area contributed by atoms with Gasteiger partial charge in [0.2, 0.25) is 0 Å². The van der Waals surface area contributed by atoms with Crippen molar-refractivity contribution in [3.8, 4) is 11.1 Å². The molecule has 0 saturated heterocycles. The third kappa shape index (κ3) is 1.83. The minimum atomic E-state index is -4.36. The molecule has 0 aromatic rings. The van der Waals surface area contributed by atoms with Gasteiger partial charge in [0.05, 0.1) is 5.56 Å². The zero-order valence-corrected chi connectivity index (χ0v) is 8.60. The van der Waals surface area contributed by atoms with Crippen LogP contribution in [0.5, 0.6) is 0 Å². The minimum absolute atomic E-state index is 0.151. The van der Waals surface area contributed by atoms with E-state index in [1.54, 1.807) is 25.1 Å². The van der Waals surface area contributed by atoms with Crippen molar-refractivity contribution in [2.45, 2.75) is 13.1 Å². The lowest BCUT2D eigenvalue weighted by atomic mass is 10.1. The number of nitrogen functional groups attached to an aromatic ring is 1. The van der Waals surface area contributed by atoms with E-state index >= 15 is 0 Å².